The third kappa shape index (κ3) is 8.82. The molecule has 42 heavy (non-hydrogen) atoms. The van der Waals surface area contributed by atoms with Crippen molar-refractivity contribution in [2.45, 2.75) is 57.7 Å². The first-order valence-corrected chi connectivity index (χ1v) is 16.9. The molecule has 4 rings (SSSR count). The van der Waals surface area contributed by atoms with Gasteiger partial charge in [-0.2, -0.15) is 0 Å². The summed E-state index contributed by atoms with van der Waals surface area (Å²) >= 11 is 3.50. The zero-order valence-electron chi connectivity index (χ0n) is 24.0. The average molecular weight is 657 g/mol. The minimum Gasteiger partial charge on any atom is -0.494 e. The number of anilines is 1. The van der Waals surface area contributed by atoms with Crippen molar-refractivity contribution in [1.82, 2.24) is 10.2 Å². The largest absolute Gasteiger partial charge is 0.494 e. The Morgan fingerprint density at radius 2 is 1.64 bits per heavy atom. The number of nitrogens with zero attached hydrogens (tertiary/aromatic N) is 2. The number of carbonyl (C=O) groups excluding carboxylic acids is 2. The Morgan fingerprint density at radius 3 is 2.26 bits per heavy atom. The van der Waals surface area contributed by atoms with Crippen LogP contribution in [-0.4, -0.2) is 56.6 Å². The summed E-state index contributed by atoms with van der Waals surface area (Å²) in [6.45, 7) is 2.02. The molecule has 0 bridgehead atoms. The summed E-state index contributed by atoms with van der Waals surface area (Å²) in [4.78, 5) is 29.6. The molecule has 0 unspecified atom stereocenters. The highest BCUT2D eigenvalue weighted by Gasteiger charge is 2.34. The van der Waals surface area contributed by atoms with Crippen LogP contribution < -0.4 is 14.4 Å². The van der Waals surface area contributed by atoms with Crippen LogP contribution in [0.3, 0.4) is 0 Å². The topological polar surface area (TPSA) is 96.0 Å². The highest BCUT2D eigenvalue weighted by Crippen LogP contribution is 2.24. The molecule has 0 saturated heterocycles. The molecule has 0 spiro atoms. The maximum Gasteiger partial charge on any atom is 0.244 e. The van der Waals surface area contributed by atoms with Crippen LogP contribution in [0.4, 0.5) is 5.69 Å². The molecule has 224 valence electrons. The fourth-order valence-corrected chi connectivity index (χ4v) is 6.54. The van der Waals surface area contributed by atoms with E-state index >= 15 is 0 Å². The van der Waals surface area contributed by atoms with Crippen molar-refractivity contribution in [3.05, 3.63) is 94.5 Å². The van der Waals surface area contributed by atoms with Gasteiger partial charge in [-0.15, -0.1) is 0 Å². The van der Waals surface area contributed by atoms with E-state index in [0.717, 1.165) is 51.8 Å². The molecular formula is C32H38BrN3O5S. The summed E-state index contributed by atoms with van der Waals surface area (Å²) in [7, 11) is -3.84. The van der Waals surface area contributed by atoms with Gasteiger partial charge < -0.3 is 15.0 Å². The zero-order valence-corrected chi connectivity index (χ0v) is 26.4. The summed E-state index contributed by atoms with van der Waals surface area (Å²) in [5.74, 6) is -0.110. The lowest BCUT2D eigenvalue weighted by Crippen LogP contribution is -2.54. The summed E-state index contributed by atoms with van der Waals surface area (Å²) in [5, 5.41) is 3.18. The molecule has 8 nitrogen and oxygen atoms in total. The predicted molar refractivity (Wildman–Crippen MR) is 169 cm³/mol. The van der Waals surface area contributed by atoms with Gasteiger partial charge in [0.1, 0.15) is 18.3 Å². The monoisotopic (exact) mass is 655 g/mol. The molecule has 1 N–H and O–H groups in total. The maximum atomic E-state index is 14.2. The van der Waals surface area contributed by atoms with Crippen LogP contribution in [0, 0.1) is 0 Å². The number of amides is 2. The smallest absolute Gasteiger partial charge is 0.244 e. The Hall–Kier alpha value is -3.37. The molecule has 0 aliphatic heterocycles. The highest BCUT2D eigenvalue weighted by molar-refractivity contribution is 9.10. The van der Waals surface area contributed by atoms with Crippen molar-refractivity contribution < 1.29 is 22.7 Å². The van der Waals surface area contributed by atoms with E-state index in [-0.39, 0.29) is 18.5 Å². The molecular weight excluding hydrogens is 618 g/mol. The first-order chi connectivity index (χ1) is 20.1. The lowest BCUT2D eigenvalue weighted by atomic mass is 10.0. The van der Waals surface area contributed by atoms with E-state index in [2.05, 4.69) is 21.2 Å². The molecule has 0 aromatic heterocycles. The standard InChI is InChI=1S/C32H38BrN3O5S/c1-3-41-29-18-16-28(17-19-29)36(42(2,39)40)23-31(37)35(22-25-12-9-13-26(33)20-25)30(21-24-10-5-4-6-11-24)32(38)34-27-14-7-8-15-27/h4-6,9-13,16-20,27,30H,3,7-8,14-15,21-23H2,1-2H3,(H,34,38)/t30-/m1/s1. The number of sulfonamides is 1. The van der Waals surface area contributed by atoms with Crippen LogP contribution in [0.25, 0.3) is 0 Å². The van der Waals surface area contributed by atoms with Gasteiger partial charge >= 0.3 is 0 Å². The minimum atomic E-state index is -3.84. The van der Waals surface area contributed by atoms with E-state index in [1.165, 1.54) is 4.90 Å². The van der Waals surface area contributed by atoms with Crippen molar-refractivity contribution >= 4 is 43.5 Å². The Balaban J connectivity index is 1.70. The summed E-state index contributed by atoms with van der Waals surface area (Å²) in [6, 6.07) is 22.9. The first-order valence-electron chi connectivity index (χ1n) is 14.2. The van der Waals surface area contributed by atoms with E-state index < -0.39 is 28.5 Å². The SMILES string of the molecule is CCOc1ccc(N(CC(=O)N(Cc2cccc(Br)c2)[C@H](Cc2ccccc2)C(=O)NC2CCCC2)S(C)(=O)=O)cc1. The normalized spacial score (nSPS) is 14.3. The van der Waals surface area contributed by atoms with E-state index in [1.807, 2.05) is 61.5 Å². The van der Waals surface area contributed by atoms with Crippen LogP contribution in [0.1, 0.15) is 43.7 Å². The number of ether oxygens (including phenoxy) is 1. The summed E-state index contributed by atoms with van der Waals surface area (Å²) < 4.78 is 33.4. The quantitative estimate of drug-likeness (QED) is 0.269. The van der Waals surface area contributed by atoms with Gasteiger partial charge in [0.15, 0.2) is 0 Å². The molecule has 10 heteroatoms. The molecule has 0 heterocycles. The minimum absolute atomic E-state index is 0.0648. The average Bonchev–Trinajstić information content (AvgIpc) is 3.47. The van der Waals surface area contributed by atoms with Gasteiger partial charge in [-0.25, -0.2) is 8.42 Å². The van der Waals surface area contributed by atoms with Crippen molar-refractivity contribution in [2.24, 2.45) is 0 Å². The zero-order chi connectivity index (χ0) is 30.1. The van der Waals surface area contributed by atoms with Crippen molar-refractivity contribution in [3.63, 3.8) is 0 Å². The van der Waals surface area contributed by atoms with E-state index in [4.69, 9.17) is 4.74 Å². The maximum absolute atomic E-state index is 14.2. The molecule has 1 fully saturated rings. The fourth-order valence-electron chi connectivity index (χ4n) is 5.24. The molecule has 3 aromatic rings. The van der Waals surface area contributed by atoms with Crippen molar-refractivity contribution in [3.8, 4) is 5.75 Å². The second-order valence-electron chi connectivity index (χ2n) is 10.5. The molecule has 0 radical (unpaired) electrons. The molecule has 1 aliphatic rings. The Bertz CT molecular complexity index is 1440. The first kappa shape index (κ1) is 31.6. The lowest BCUT2D eigenvalue weighted by Gasteiger charge is -2.34. The number of rotatable bonds is 13. The van der Waals surface area contributed by atoms with Crippen LogP contribution >= 0.6 is 15.9 Å². The van der Waals surface area contributed by atoms with Gasteiger partial charge in [-0.05, 0) is 67.3 Å². The Morgan fingerprint density at radius 1 is 0.976 bits per heavy atom. The number of carbonyl (C=O) groups is 2. The Kier molecular flexibility index (Phi) is 11.0. The van der Waals surface area contributed by atoms with Crippen LogP contribution in [-0.2, 0) is 32.6 Å². The van der Waals surface area contributed by atoms with Gasteiger partial charge in [0.25, 0.3) is 0 Å². The van der Waals surface area contributed by atoms with Crippen LogP contribution in [0.15, 0.2) is 83.3 Å². The van der Waals surface area contributed by atoms with E-state index in [0.29, 0.717) is 24.5 Å². The van der Waals surface area contributed by atoms with Gasteiger partial charge in [0.05, 0.1) is 18.6 Å². The van der Waals surface area contributed by atoms with Gasteiger partial charge in [0.2, 0.25) is 21.8 Å². The number of hydrogen-bond acceptors (Lipinski definition) is 5. The number of nitrogens with one attached hydrogen (secondary N) is 1. The van der Waals surface area contributed by atoms with Gasteiger partial charge in [-0.3, -0.25) is 13.9 Å². The van der Waals surface area contributed by atoms with Crippen molar-refractivity contribution in [1.29, 1.82) is 0 Å². The third-order valence-electron chi connectivity index (χ3n) is 7.33. The molecule has 2 amide bonds. The third-order valence-corrected chi connectivity index (χ3v) is 8.96. The number of benzene rings is 3. The molecule has 1 aliphatic carbocycles. The van der Waals surface area contributed by atoms with E-state index in [9.17, 15) is 18.0 Å². The molecule has 1 atom stereocenters. The Labute approximate surface area is 257 Å². The second kappa shape index (κ2) is 14.7. The van der Waals surface area contributed by atoms with E-state index in [1.54, 1.807) is 24.3 Å². The van der Waals surface area contributed by atoms with Gasteiger partial charge in [0, 0.05) is 23.5 Å². The second-order valence-corrected chi connectivity index (χ2v) is 13.4. The molecule has 1 saturated carbocycles. The highest BCUT2D eigenvalue weighted by atomic mass is 79.9. The summed E-state index contributed by atoms with van der Waals surface area (Å²) in [6.07, 6.45) is 5.29. The lowest BCUT2D eigenvalue weighted by molar-refractivity contribution is -0.140. The fraction of sp³-hybridized carbons (Fsp3) is 0.375. The van der Waals surface area contributed by atoms with Crippen LogP contribution in [0.5, 0.6) is 5.75 Å². The number of hydrogen-bond donors (Lipinski definition) is 1. The van der Waals surface area contributed by atoms with Gasteiger partial charge in [-0.1, -0.05) is 71.2 Å². The molecule has 3 aromatic carbocycles. The van der Waals surface area contributed by atoms with Crippen molar-refractivity contribution in [2.75, 3.05) is 23.7 Å². The predicted octanol–water partition coefficient (Wildman–Crippen LogP) is 5.31. The summed E-state index contributed by atoms with van der Waals surface area (Å²) in [5.41, 5.74) is 2.06. The van der Waals surface area contributed by atoms with Crippen LogP contribution in [0.2, 0.25) is 0 Å². The number of halogens is 1.